The van der Waals surface area contributed by atoms with E-state index in [1.165, 1.54) is 0 Å². The molecule has 4 N–H and O–H groups in total. The lowest BCUT2D eigenvalue weighted by atomic mass is 10.1. The summed E-state index contributed by atoms with van der Waals surface area (Å²) >= 11 is 0. The average molecular weight is 294 g/mol. The van der Waals surface area contributed by atoms with E-state index in [1.54, 1.807) is 0 Å². The molecular weight excluding hydrogens is 272 g/mol. The van der Waals surface area contributed by atoms with Crippen molar-refractivity contribution in [1.82, 2.24) is 5.32 Å². The van der Waals surface area contributed by atoms with Crippen LogP contribution in [0.15, 0.2) is 24.3 Å². The Morgan fingerprint density at radius 1 is 1.38 bits per heavy atom. The van der Waals surface area contributed by atoms with Crippen molar-refractivity contribution in [2.24, 2.45) is 5.73 Å². The second-order valence-electron chi connectivity index (χ2n) is 4.99. The molecule has 0 saturated carbocycles. The number of amides is 1. The molecule has 0 aliphatic carbocycles. The van der Waals surface area contributed by atoms with E-state index < -0.39 is 0 Å². The molecule has 116 valence electrons. The number of benzene rings is 1. The first-order chi connectivity index (χ1) is 10.2. The van der Waals surface area contributed by atoms with E-state index in [1.807, 2.05) is 24.3 Å². The molecule has 1 heterocycles. The third-order valence-corrected chi connectivity index (χ3v) is 3.41. The smallest absolute Gasteiger partial charge is 0.249 e. The summed E-state index contributed by atoms with van der Waals surface area (Å²) in [7, 11) is 0. The molecule has 0 radical (unpaired) electrons. The lowest BCUT2D eigenvalue weighted by Crippen LogP contribution is -2.35. The van der Waals surface area contributed by atoms with Crippen molar-refractivity contribution < 1.29 is 19.4 Å². The van der Waals surface area contributed by atoms with Crippen LogP contribution in [0.25, 0.3) is 0 Å². The van der Waals surface area contributed by atoms with Crippen molar-refractivity contribution in [3.8, 4) is 5.75 Å². The normalized spacial score (nSPS) is 21.2. The van der Waals surface area contributed by atoms with Crippen molar-refractivity contribution in [1.29, 1.82) is 0 Å². The highest BCUT2D eigenvalue weighted by Crippen LogP contribution is 2.19. The molecular formula is C15H22N2O4. The summed E-state index contributed by atoms with van der Waals surface area (Å²) in [4.78, 5) is 12.0. The van der Waals surface area contributed by atoms with E-state index in [2.05, 4.69) is 5.32 Å². The van der Waals surface area contributed by atoms with E-state index in [4.69, 9.17) is 20.3 Å². The van der Waals surface area contributed by atoms with Gasteiger partial charge in [-0.2, -0.15) is 0 Å². The minimum absolute atomic E-state index is 0.00343. The summed E-state index contributed by atoms with van der Waals surface area (Å²) in [5.74, 6) is 0.607. The van der Waals surface area contributed by atoms with E-state index in [-0.39, 0.29) is 31.3 Å². The number of aliphatic hydroxyl groups excluding tert-OH is 1. The average Bonchev–Trinajstić information content (AvgIpc) is 3.00. The van der Waals surface area contributed by atoms with E-state index in [9.17, 15) is 4.79 Å². The molecule has 1 fully saturated rings. The molecule has 2 rings (SSSR count). The lowest BCUT2D eigenvalue weighted by Gasteiger charge is -2.13. The van der Waals surface area contributed by atoms with Gasteiger partial charge in [0.25, 0.3) is 0 Å². The maximum absolute atomic E-state index is 12.0. The van der Waals surface area contributed by atoms with Crippen LogP contribution in [0, 0.1) is 0 Å². The molecule has 1 aromatic carbocycles. The van der Waals surface area contributed by atoms with Crippen molar-refractivity contribution in [3.05, 3.63) is 29.8 Å². The van der Waals surface area contributed by atoms with Crippen LogP contribution in [0.5, 0.6) is 5.75 Å². The molecule has 0 unspecified atom stereocenters. The Hall–Kier alpha value is -1.63. The van der Waals surface area contributed by atoms with Crippen molar-refractivity contribution >= 4 is 5.91 Å². The van der Waals surface area contributed by atoms with Crippen molar-refractivity contribution in [3.63, 3.8) is 0 Å². The molecule has 6 heteroatoms. The molecule has 1 amide bonds. The first-order valence-corrected chi connectivity index (χ1v) is 7.18. The van der Waals surface area contributed by atoms with Gasteiger partial charge in [0.05, 0.1) is 12.7 Å². The van der Waals surface area contributed by atoms with E-state index in [0.717, 1.165) is 18.4 Å². The molecule has 0 aromatic heterocycles. The monoisotopic (exact) mass is 294 g/mol. The third kappa shape index (κ3) is 4.70. The van der Waals surface area contributed by atoms with Gasteiger partial charge in [-0.15, -0.1) is 0 Å². The summed E-state index contributed by atoms with van der Waals surface area (Å²) in [6, 6.07) is 7.39. The van der Waals surface area contributed by atoms with Gasteiger partial charge in [-0.1, -0.05) is 12.1 Å². The number of carbonyl (C=O) groups is 1. The largest absolute Gasteiger partial charge is 0.491 e. The third-order valence-electron chi connectivity index (χ3n) is 3.41. The van der Waals surface area contributed by atoms with Gasteiger partial charge in [-0.25, -0.2) is 0 Å². The Morgan fingerprint density at radius 2 is 2.14 bits per heavy atom. The predicted molar refractivity (Wildman–Crippen MR) is 77.8 cm³/mol. The van der Waals surface area contributed by atoms with Crippen LogP contribution in [-0.2, 0) is 16.1 Å². The molecule has 21 heavy (non-hydrogen) atoms. The van der Waals surface area contributed by atoms with Crippen LogP contribution in [0.3, 0.4) is 0 Å². The number of ether oxygens (including phenoxy) is 2. The first kappa shape index (κ1) is 15.8. The molecule has 6 nitrogen and oxygen atoms in total. The van der Waals surface area contributed by atoms with Gasteiger partial charge in [0.1, 0.15) is 18.5 Å². The topological polar surface area (TPSA) is 93.8 Å². The van der Waals surface area contributed by atoms with Crippen LogP contribution in [0.1, 0.15) is 18.4 Å². The van der Waals surface area contributed by atoms with E-state index >= 15 is 0 Å². The minimum Gasteiger partial charge on any atom is -0.491 e. The fourth-order valence-electron chi connectivity index (χ4n) is 2.24. The number of rotatable bonds is 7. The van der Waals surface area contributed by atoms with Gasteiger partial charge in [0.2, 0.25) is 5.91 Å². The Kier molecular flexibility index (Phi) is 5.98. The number of hydrogen-bond donors (Lipinski definition) is 3. The van der Waals surface area contributed by atoms with Gasteiger partial charge in [-0.05, 0) is 30.5 Å². The van der Waals surface area contributed by atoms with Gasteiger partial charge < -0.3 is 25.6 Å². The summed E-state index contributed by atoms with van der Waals surface area (Å²) in [6.45, 7) is 1.17. The van der Waals surface area contributed by atoms with Gasteiger partial charge in [-0.3, -0.25) is 4.79 Å². The molecule has 1 saturated heterocycles. The maximum atomic E-state index is 12.0. The molecule has 1 aliphatic heterocycles. The van der Waals surface area contributed by atoms with Gasteiger partial charge in [0, 0.05) is 13.1 Å². The van der Waals surface area contributed by atoms with E-state index in [0.29, 0.717) is 18.8 Å². The Bertz CT molecular complexity index is 449. The zero-order valence-corrected chi connectivity index (χ0v) is 12.0. The molecule has 0 spiro atoms. The number of nitrogens with two attached hydrogens (primary N) is 1. The standard InChI is InChI=1S/C15H22N2O4/c16-9-13-5-6-14(21-13)15(19)17-10-11-1-3-12(4-2-11)20-8-7-18/h1-4,13-14,18H,5-10,16H2,(H,17,19)/t13-,14+/m1/s1. The molecule has 0 bridgehead atoms. The number of aliphatic hydroxyl groups is 1. The van der Waals surface area contributed by atoms with Crippen molar-refractivity contribution in [2.45, 2.75) is 31.6 Å². The zero-order valence-electron chi connectivity index (χ0n) is 12.0. The van der Waals surface area contributed by atoms with Crippen LogP contribution >= 0.6 is 0 Å². The van der Waals surface area contributed by atoms with Gasteiger partial charge >= 0.3 is 0 Å². The first-order valence-electron chi connectivity index (χ1n) is 7.18. The fourth-order valence-corrected chi connectivity index (χ4v) is 2.24. The highest BCUT2D eigenvalue weighted by Gasteiger charge is 2.29. The second-order valence-corrected chi connectivity index (χ2v) is 4.99. The maximum Gasteiger partial charge on any atom is 0.249 e. The number of nitrogens with one attached hydrogen (secondary N) is 1. The number of carbonyl (C=O) groups excluding carboxylic acids is 1. The predicted octanol–water partition coefficient (Wildman–Crippen LogP) is 0.180. The quantitative estimate of drug-likeness (QED) is 0.667. The summed E-state index contributed by atoms with van der Waals surface area (Å²) in [5, 5.41) is 11.5. The highest BCUT2D eigenvalue weighted by atomic mass is 16.5. The molecule has 1 aromatic rings. The summed E-state index contributed by atoms with van der Waals surface area (Å²) < 4.78 is 10.8. The lowest BCUT2D eigenvalue weighted by molar-refractivity contribution is -0.132. The summed E-state index contributed by atoms with van der Waals surface area (Å²) in [5.41, 5.74) is 6.51. The Balaban J connectivity index is 1.76. The SMILES string of the molecule is NC[C@H]1CC[C@@H](C(=O)NCc2ccc(OCCO)cc2)O1. The molecule has 1 aliphatic rings. The number of hydrogen-bond acceptors (Lipinski definition) is 5. The minimum atomic E-state index is -0.384. The van der Waals surface area contributed by atoms with Gasteiger partial charge in [0.15, 0.2) is 0 Å². The Morgan fingerprint density at radius 3 is 2.76 bits per heavy atom. The second kappa shape index (κ2) is 7.97. The Labute approximate surface area is 124 Å². The zero-order chi connectivity index (χ0) is 15.1. The van der Waals surface area contributed by atoms with Crippen LogP contribution in [0.4, 0.5) is 0 Å². The van der Waals surface area contributed by atoms with Crippen LogP contribution in [0.2, 0.25) is 0 Å². The molecule has 2 atom stereocenters. The van der Waals surface area contributed by atoms with Crippen LogP contribution < -0.4 is 15.8 Å². The summed E-state index contributed by atoms with van der Waals surface area (Å²) in [6.07, 6.45) is 1.18. The fraction of sp³-hybridized carbons (Fsp3) is 0.533. The van der Waals surface area contributed by atoms with Crippen LogP contribution in [-0.4, -0.2) is 43.0 Å². The van der Waals surface area contributed by atoms with Crippen molar-refractivity contribution in [2.75, 3.05) is 19.8 Å². The highest BCUT2D eigenvalue weighted by molar-refractivity contribution is 5.81.